The molecule has 0 unspecified atom stereocenters. The van der Waals surface area contributed by atoms with E-state index in [4.69, 9.17) is 4.74 Å². The van der Waals surface area contributed by atoms with Gasteiger partial charge in [-0.25, -0.2) is 23.0 Å². The summed E-state index contributed by atoms with van der Waals surface area (Å²) in [5, 5.41) is 0. The van der Waals surface area contributed by atoms with E-state index in [2.05, 4.69) is 33.2 Å². The first kappa shape index (κ1) is 37.3. The Kier molecular flexibility index (Phi) is 19.2. The summed E-state index contributed by atoms with van der Waals surface area (Å²) in [6.45, 7) is 3.09. The fourth-order valence-corrected chi connectivity index (χ4v) is 4.86. The third kappa shape index (κ3) is 17.4. The predicted molar refractivity (Wildman–Crippen MR) is 176 cm³/mol. The first-order valence-corrected chi connectivity index (χ1v) is 17.7. The Balaban J connectivity index is 0.00000102. The van der Waals surface area contributed by atoms with Crippen LogP contribution >= 0.6 is 0 Å². The van der Waals surface area contributed by atoms with Crippen LogP contribution in [-0.2, 0) is 21.6 Å². The van der Waals surface area contributed by atoms with Crippen LogP contribution in [0.5, 0.6) is 5.75 Å². The number of rotatable bonds is 21. The molecule has 1 aromatic carbocycles. The Bertz CT molecular complexity index is 1230. The summed E-state index contributed by atoms with van der Waals surface area (Å²) < 4.78 is 39.0. The van der Waals surface area contributed by atoms with Crippen molar-refractivity contribution in [3.05, 3.63) is 61.2 Å². The fraction of sp³-hybridized carbons (Fsp3) is 0.571. The van der Waals surface area contributed by atoms with Gasteiger partial charge >= 0.3 is 0 Å². The van der Waals surface area contributed by atoms with Crippen molar-refractivity contribution in [3.63, 3.8) is 0 Å². The van der Waals surface area contributed by atoms with Gasteiger partial charge in [0.05, 0.1) is 13.7 Å². The number of ether oxygens (including phenoxy) is 1. The number of hydrogen-bond acceptors (Lipinski definition) is 7. The Morgan fingerprint density at radius 3 is 1.52 bits per heavy atom. The van der Waals surface area contributed by atoms with Crippen LogP contribution in [0, 0.1) is 0 Å². The summed E-state index contributed by atoms with van der Waals surface area (Å²) in [6, 6.07) is 12.3. The molecule has 2 heterocycles. The lowest BCUT2D eigenvalue weighted by Crippen LogP contribution is -2.25. The van der Waals surface area contributed by atoms with Gasteiger partial charge in [-0.1, -0.05) is 115 Å². The van der Waals surface area contributed by atoms with Gasteiger partial charge in [0.1, 0.15) is 12.8 Å². The van der Waals surface area contributed by atoms with Crippen LogP contribution < -0.4 is 9.30 Å². The first-order chi connectivity index (χ1) is 21.3. The molecule has 9 heteroatoms. The number of unbranched alkanes of at least 4 members (excludes halogenated alkanes) is 15. The second-order valence-corrected chi connectivity index (χ2v) is 12.4. The van der Waals surface area contributed by atoms with Crippen molar-refractivity contribution in [2.75, 3.05) is 13.7 Å². The summed E-state index contributed by atoms with van der Waals surface area (Å²) in [5.41, 5.74) is 3.14. The molecule has 8 nitrogen and oxygen atoms in total. The first-order valence-electron chi connectivity index (χ1n) is 16.3. The molecule has 44 heavy (non-hydrogen) atoms. The normalized spacial score (nSPS) is 11.2. The van der Waals surface area contributed by atoms with Crippen LogP contribution in [-0.4, -0.2) is 36.7 Å². The molecule has 0 aliphatic rings. The average molecular weight is 628 g/mol. The highest BCUT2D eigenvalue weighted by atomic mass is 32.3. The van der Waals surface area contributed by atoms with Gasteiger partial charge in [0.2, 0.25) is 10.4 Å². The summed E-state index contributed by atoms with van der Waals surface area (Å²) in [5.74, 6) is 1.68. The standard InChI is InChI=1S/C34H50N3O.CH4O4S/c1-3-4-5-6-7-8-9-10-11-12-13-14-15-16-17-18-27-38-33-21-19-30(20-22-33)32-28-35-34(36-29-32)31-23-25-37(2)26-24-31;1-5-6(2,3)4/h19-26,28-29H,3-18,27H2,1-2H3;1H3,(H,2,3,4)/q+1;/p-1. The average Bonchev–Trinajstić information content (AvgIpc) is 3.03. The maximum Gasteiger partial charge on any atom is 0.217 e. The number of aromatic nitrogens is 3. The van der Waals surface area contributed by atoms with E-state index in [0.29, 0.717) is 0 Å². The minimum absolute atomic E-state index is 0.744. The maximum atomic E-state index is 9.22. The molecule has 0 N–H and O–H groups in total. The van der Waals surface area contributed by atoms with Gasteiger partial charge in [0, 0.05) is 35.7 Å². The van der Waals surface area contributed by atoms with E-state index < -0.39 is 10.4 Å². The molecule has 0 aliphatic carbocycles. The molecule has 2 aromatic heterocycles. The quantitative estimate of drug-likeness (QED) is 0.0506. The highest BCUT2D eigenvalue weighted by Crippen LogP contribution is 2.23. The molecule has 0 saturated carbocycles. The van der Waals surface area contributed by atoms with Crippen molar-refractivity contribution in [1.29, 1.82) is 0 Å². The molecule has 0 amide bonds. The highest BCUT2D eigenvalue weighted by Gasteiger charge is 2.05. The second kappa shape index (κ2) is 22.6. The van der Waals surface area contributed by atoms with Gasteiger partial charge < -0.3 is 9.29 Å². The zero-order chi connectivity index (χ0) is 31.9. The van der Waals surface area contributed by atoms with E-state index in [1.54, 1.807) is 0 Å². The van der Waals surface area contributed by atoms with Crippen LogP contribution in [0.1, 0.15) is 110 Å². The third-order valence-corrected chi connectivity index (χ3v) is 7.96. The van der Waals surface area contributed by atoms with E-state index in [0.717, 1.165) is 48.4 Å². The van der Waals surface area contributed by atoms with E-state index in [1.807, 2.05) is 60.7 Å². The lowest BCUT2D eigenvalue weighted by molar-refractivity contribution is -0.671. The number of benzene rings is 1. The topological polar surface area (TPSA) is 105 Å². The molecule has 0 fully saturated rings. The van der Waals surface area contributed by atoms with Crippen LogP contribution in [0.15, 0.2) is 61.2 Å². The molecule has 3 aromatic rings. The Morgan fingerprint density at radius 2 is 1.09 bits per heavy atom. The van der Waals surface area contributed by atoms with Gasteiger partial charge in [-0.3, -0.25) is 4.18 Å². The molecule has 0 atom stereocenters. The van der Waals surface area contributed by atoms with E-state index in [1.165, 1.54) is 96.3 Å². The summed E-state index contributed by atoms with van der Waals surface area (Å²) in [4.78, 5) is 9.11. The fourth-order valence-electron chi connectivity index (χ4n) is 4.86. The second-order valence-electron chi connectivity index (χ2n) is 11.3. The molecule has 244 valence electrons. The molecular weight excluding hydrogens is 574 g/mol. The van der Waals surface area contributed by atoms with Crippen molar-refractivity contribution < 1.29 is 26.5 Å². The maximum absolute atomic E-state index is 9.22. The third-order valence-electron chi connectivity index (χ3n) is 7.55. The van der Waals surface area contributed by atoms with Crippen LogP contribution in [0.4, 0.5) is 0 Å². The molecule has 0 radical (unpaired) electrons. The van der Waals surface area contributed by atoms with Gasteiger partial charge in [-0.2, -0.15) is 0 Å². The summed E-state index contributed by atoms with van der Waals surface area (Å²) in [7, 11) is -1.60. The van der Waals surface area contributed by atoms with Crippen molar-refractivity contribution in [1.82, 2.24) is 9.97 Å². The molecule has 0 spiro atoms. The summed E-state index contributed by atoms with van der Waals surface area (Å²) >= 11 is 0. The molecule has 3 rings (SSSR count). The molecule has 0 saturated heterocycles. The molecule has 0 bridgehead atoms. The van der Waals surface area contributed by atoms with Crippen LogP contribution in [0.3, 0.4) is 0 Å². The number of pyridine rings is 1. The van der Waals surface area contributed by atoms with E-state index in [9.17, 15) is 13.0 Å². The zero-order valence-corrected chi connectivity index (χ0v) is 27.9. The van der Waals surface area contributed by atoms with Crippen LogP contribution in [0.2, 0.25) is 0 Å². The van der Waals surface area contributed by atoms with Gasteiger partial charge in [-0.05, 0) is 24.1 Å². The number of hydrogen-bond donors (Lipinski definition) is 0. The lowest BCUT2D eigenvalue weighted by Gasteiger charge is -2.08. The zero-order valence-electron chi connectivity index (χ0n) is 27.1. The highest BCUT2D eigenvalue weighted by molar-refractivity contribution is 7.80. The Hall–Kier alpha value is -2.88. The van der Waals surface area contributed by atoms with Crippen molar-refractivity contribution in [2.24, 2.45) is 7.05 Å². The van der Waals surface area contributed by atoms with Crippen molar-refractivity contribution in [2.45, 2.75) is 110 Å². The lowest BCUT2D eigenvalue weighted by atomic mass is 10.0. The van der Waals surface area contributed by atoms with Crippen molar-refractivity contribution >= 4 is 10.4 Å². The Morgan fingerprint density at radius 1 is 0.659 bits per heavy atom. The van der Waals surface area contributed by atoms with Gasteiger partial charge in [0.15, 0.2) is 18.2 Å². The minimum Gasteiger partial charge on any atom is -0.726 e. The molecule has 0 aliphatic heterocycles. The SMILES string of the molecule is CCCCCCCCCCCCCCCCCCOc1ccc(-c2cnc(-c3cc[n+](C)cc3)nc2)cc1.COS(=O)(=O)[O-]. The largest absolute Gasteiger partial charge is 0.726 e. The minimum atomic E-state index is -4.41. The number of nitrogens with zero attached hydrogens (tertiary/aromatic N) is 3. The van der Waals surface area contributed by atoms with Gasteiger partial charge in [-0.15, -0.1) is 0 Å². The van der Waals surface area contributed by atoms with E-state index >= 15 is 0 Å². The van der Waals surface area contributed by atoms with Gasteiger partial charge in [0.25, 0.3) is 0 Å². The Labute approximate surface area is 266 Å². The van der Waals surface area contributed by atoms with E-state index in [-0.39, 0.29) is 0 Å². The monoisotopic (exact) mass is 627 g/mol. The smallest absolute Gasteiger partial charge is 0.217 e. The number of aryl methyl sites for hydroxylation is 1. The predicted octanol–water partition coefficient (Wildman–Crippen LogP) is 8.37. The molecular formula is C35H53N3O5S. The van der Waals surface area contributed by atoms with Crippen molar-refractivity contribution in [3.8, 4) is 28.3 Å². The summed E-state index contributed by atoms with van der Waals surface area (Å²) in [6.07, 6.45) is 30.0. The van der Waals surface area contributed by atoms with Crippen LogP contribution in [0.25, 0.3) is 22.5 Å².